The fraction of sp³-hybridized carbons (Fsp3) is 0.250. The van der Waals surface area contributed by atoms with Crippen molar-refractivity contribution in [1.82, 2.24) is 0 Å². The molecule has 0 saturated heterocycles. The molecule has 0 saturated carbocycles. The van der Waals surface area contributed by atoms with Crippen LogP contribution in [-0.2, 0) is 4.74 Å². The van der Waals surface area contributed by atoms with Crippen LogP contribution in [0.15, 0.2) is 52.8 Å². The number of methoxy groups -OCH3 is 1. The van der Waals surface area contributed by atoms with Crippen molar-refractivity contribution in [2.75, 3.05) is 14.2 Å². The lowest BCUT2D eigenvalue weighted by Crippen LogP contribution is -2.09. The number of allylic oxidation sites excluding steroid dienone is 7. The average Bonchev–Trinajstić information content (AvgIpc) is 2.25. The first kappa shape index (κ1) is 10.5. The first-order chi connectivity index (χ1) is 6.83. The van der Waals surface area contributed by atoms with E-state index in [1.165, 1.54) is 0 Å². The molecule has 74 valence electrons. The highest BCUT2D eigenvalue weighted by Crippen LogP contribution is 2.15. The third-order valence-corrected chi connectivity index (χ3v) is 1.94. The molecule has 0 heterocycles. The smallest absolute Gasteiger partial charge is 0.144 e. The number of hydrogen-bond donors (Lipinski definition) is 0. The number of nitrogens with zero attached hydrogens (tertiary/aromatic N) is 1. The summed E-state index contributed by atoms with van der Waals surface area (Å²) < 4.78 is 5.22. The van der Waals surface area contributed by atoms with Crippen LogP contribution in [0.1, 0.15) is 6.92 Å². The molecule has 0 aromatic heterocycles. The van der Waals surface area contributed by atoms with Gasteiger partial charge in [-0.15, -0.1) is 0 Å². The molecule has 1 rings (SSSR count). The van der Waals surface area contributed by atoms with Gasteiger partial charge in [0, 0.05) is 12.6 Å². The van der Waals surface area contributed by atoms with E-state index in [0.29, 0.717) is 0 Å². The maximum absolute atomic E-state index is 5.22. The summed E-state index contributed by atoms with van der Waals surface area (Å²) in [4.78, 5) is 4.20. The number of ether oxygens (including phenoxy) is 1. The standard InChI is InChI=1S/C12H15NO/c1-4-5-7-10-8-6-9-11(14-3)12(10)13-2/h4-9H,1-3H3/b5-4-,10-7-,13-12-. The van der Waals surface area contributed by atoms with Gasteiger partial charge in [-0.05, 0) is 13.0 Å². The fourth-order valence-electron chi connectivity index (χ4n) is 1.28. The van der Waals surface area contributed by atoms with Crippen molar-refractivity contribution in [3.05, 3.63) is 47.8 Å². The summed E-state index contributed by atoms with van der Waals surface area (Å²) in [5.41, 5.74) is 1.97. The molecule has 0 aliphatic heterocycles. The highest BCUT2D eigenvalue weighted by molar-refractivity contribution is 6.14. The van der Waals surface area contributed by atoms with Gasteiger partial charge in [0.25, 0.3) is 0 Å². The van der Waals surface area contributed by atoms with Gasteiger partial charge in [-0.25, -0.2) is 0 Å². The minimum atomic E-state index is 0.811. The van der Waals surface area contributed by atoms with Crippen molar-refractivity contribution in [3.63, 3.8) is 0 Å². The van der Waals surface area contributed by atoms with Crippen LogP contribution in [0.25, 0.3) is 0 Å². The van der Waals surface area contributed by atoms with E-state index in [4.69, 9.17) is 4.74 Å². The van der Waals surface area contributed by atoms with Gasteiger partial charge < -0.3 is 4.74 Å². The van der Waals surface area contributed by atoms with Crippen LogP contribution in [0.5, 0.6) is 0 Å². The van der Waals surface area contributed by atoms with E-state index >= 15 is 0 Å². The van der Waals surface area contributed by atoms with Gasteiger partial charge in [-0.1, -0.05) is 30.4 Å². The molecule has 0 fully saturated rings. The molecule has 1 aliphatic rings. The Morgan fingerprint density at radius 1 is 1.43 bits per heavy atom. The summed E-state index contributed by atoms with van der Waals surface area (Å²) in [5, 5.41) is 0. The van der Waals surface area contributed by atoms with E-state index in [9.17, 15) is 0 Å². The second-order valence-corrected chi connectivity index (χ2v) is 2.81. The Labute approximate surface area is 85.0 Å². The zero-order chi connectivity index (χ0) is 10.4. The lowest BCUT2D eigenvalue weighted by molar-refractivity contribution is 0.315. The Morgan fingerprint density at radius 2 is 2.21 bits per heavy atom. The van der Waals surface area contributed by atoms with E-state index < -0.39 is 0 Å². The monoisotopic (exact) mass is 189 g/mol. The molecule has 0 bridgehead atoms. The zero-order valence-electron chi connectivity index (χ0n) is 8.82. The first-order valence-electron chi connectivity index (χ1n) is 4.56. The topological polar surface area (TPSA) is 21.6 Å². The van der Waals surface area contributed by atoms with Crippen LogP contribution >= 0.6 is 0 Å². The highest BCUT2D eigenvalue weighted by atomic mass is 16.5. The Morgan fingerprint density at radius 3 is 2.79 bits per heavy atom. The van der Waals surface area contributed by atoms with Gasteiger partial charge in [0.15, 0.2) is 0 Å². The average molecular weight is 189 g/mol. The van der Waals surface area contributed by atoms with E-state index in [1.54, 1.807) is 14.2 Å². The molecule has 2 heteroatoms. The highest BCUT2D eigenvalue weighted by Gasteiger charge is 2.12. The normalized spacial score (nSPS) is 22.1. The molecule has 0 amide bonds. The molecular weight excluding hydrogens is 174 g/mol. The molecule has 0 atom stereocenters. The Kier molecular flexibility index (Phi) is 3.92. The quantitative estimate of drug-likeness (QED) is 0.654. The SMILES string of the molecule is C\C=C/C=C1/C=CC=C(OC)/C1=N\C. The molecule has 14 heavy (non-hydrogen) atoms. The summed E-state index contributed by atoms with van der Waals surface area (Å²) in [6.45, 7) is 1.99. The second kappa shape index (κ2) is 5.22. The molecule has 0 radical (unpaired) electrons. The lowest BCUT2D eigenvalue weighted by atomic mass is 10.0. The number of rotatable bonds is 2. The van der Waals surface area contributed by atoms with Crippen molar-refractivity contribution in [3.8, 4) is 0 Å². The first-order valence-corrected chi connectivity index (χ1v) is 4.56. The maximum Gasteiger partial charge on any atom is 0.144 e. The van der Waals surface area contributed by atoms with Crippen molar-refractivity contribution >= 4 is 5.71 Å². The van der Waals surface area contributed by atoms with Crippen LogP contribution in [-0.4, -0.2) is 19.9 Å². The predicted molar refractivity (Wildman–Crippen MR) is 60.5 cm³/mol. The molecule has 0 unspecified atom stereocenters. The zero-order valence-corrected chi connectivity index (χ0v) is 8.82. The summed E-state index contributed by atoms with van der Waals surface area (Å²) >= 11 is 0. The van der Waals surface area contributed by atoms with Crippen molar-refractivity contribution in [1.29, 1.82) is 0 Å². The largest absolute Gasteiger partial charge is 0.494 e. The van der Waals surface area contributed by atoms with Gasteiger partial charge in [0.2, 0.25) is 0 Å². The summed E-state index contributed by atoms with van der Waals surface area (Å²) in [5.74, 6) is 0.811. The molecule has 0 N–H and O–H groups in total. The number of hydrogen-bond acceptors (Lipinski definition) is 2. The van der Waals surface area contributed by atoms with Crippen LogP contribution in [0.4, 0.5) is 0 Å². The van der Waals surface area contributed by atoms with E-state index in [0.717, 1.165) is 17.0 Å². The molecule has 0 spiro atoms. The Bertz CT molecular complexity index is 343. The molecular formula is C12H15NO. The van der Waals surface area contributed by atoms with Crippen molar-refractivity contribution < 1.29 is 4.74 Å². The van der Waals surface area contributed by atoms with Crippen LogP contribution in [0, 0.1) is 0 Å². The summed E-state index contributed by atoms with van der Waals surface area (Å²) in [6.07, 6.45) is 11.9. The summed E-state index contributed by atoms with van der Waals surface area (Å²) in [6, 6.07) is 0. The van der Waals surface area contributed by atoms with Gasteiger partial charge in [0.05, 0.1) is 7.11 Å². The van der Waals surface area contributed by atoms with Crippen molar-refractivity contribution in [2.24, 2.45) is 4.99 Å². The van der Waals surface area contributed by atoms with Crippen LogP contribution < -0.4 is 0 Å². The fourth-order valence-corrected chi connectivity index (χ4v) is 1.28. The Balaban J connectivity index is 3.02. The molecule has 0 aromatic rings. The number of aliphatic imine (C=N–C) groups is 1. The minimum Gasteiger partial charge on any atom is -0.494 e. The minimum absolute atomic E-state index is 0.811. The van der Waals surface area contributed by atoms with E-state index in [1.807, 2.05) is 43.4 Å². The van der Waals surface area contributed by atoms with Gasteiger partial charge >= 0.3 is 0 Å². The van der Waals surface area contributed by atoms with E-state index in [-0.39, 0.29) is 0 Å². The van der Waals surface area contributed by atoms with E-state index in [2.05, 4.69) is 4.99 Å². The van der Waals surface area contributed by atoms with Crippen LogP contribution in [0.3, 0.4) is 0 Å². The summed E-state index contributed by atoms with van der Waals surface area (Å²) in [7, 11) is 3.42. The third-order valence-electron chi connectivity index (χ3n) is 1.94. The van der Waals surface area contributed by atoms with Gasteiger partial charge in [-0.3, -0.25) is 4.99 Å². The van der Waals surface area contributed by atoms with Crippen molar-refractivity contribution in [2.45, 2.75) is 6.92 Å². The molecule has 2 nitrogen and oxygen atoms in total. The lowest BCUT2D eigenvalue weighted by Gasteiger charge is -2.12. The third kappa shape index (κ3) is 2.22. The van der Waals surface area contributed by atoms with Gasteiger partial charge in [-0.2, -0.15) is 0 Å². The molecule has 0 aromatic carbocycles. The van der Waals surface area contributed by atoms with Gasteiger partial charge in [0.1, 0.15) is 11.5 Å². The second-order valence-electron chi connectivity index (χ2n) is 2.81. The predicted octanol–water partition coefficient (Wildman–Crippen LogP) is 2.66. The molecule has 1 aliphatic carbocycles. The maximum atomic E-state index is 5.22. The Hall–Kier alpha value is -1.57. The van der Waals surface area contributed by atoms with Crippen LogP contribution in [0.2, 0.25) is 0 Å².